The zero-order chi connectivity index (χ0) is 16.5. The second kappa shape index (κ2) is 6.51. The summed E-state index contributed by atoms with van der Waals surface area (Å²) in [4.78, 5) is 19.2. The van der Waals surface area contributed by atoms with Crippen LogP contribution in [-0.4, -0.2) is 24.0 Å². The van der Waals surface area contributed by atoms with Crippen molar-refractivity contribution in [3.05, 3.63) is 41.0 Å². The number of benzene rings is 1. The second-order valence-corrected chi connectivity index (χ2v) is 7.39. The lowest BCUT2D eigenvalue weighted by Crippen LogP contribution is -2.29. The van der Waals surface area contributed by atoms with Crippen LogP contribution in [0.1, 0.15) is 37.2 Å². The number of halogens is 1. The van der Waals surface area contributed by atoms with Gasteiger partial charge in [-0.15, -0.1) is 11.3 Å². The first kappa shape index (κ1) is 15.6. The van der Waals surface area contributed by atoms with Crippen molar-refractivity contribution in [1.29, 1.82) is 0 Å². The monoisotopic (exact) mass is 345 g/mol. The van der Waals surface area contributed by atoms with Gasteiger partial charge in [-0.05, 0) is 49.3 Å². The minimum atomic E-state index is -0.246. The Morgan fingerprint density at radius 3 is 2.92 bits per heavy atom. The molecular formula is C18H20FN3OS. The molecule has 0 bridgehead atoms. The molecular weight excluding hydrogens is 325 g/mol. The van der Waals surface area contributed by atoms with Gasteiger partial charge in [0.05, 0.1) is 0 Å². The van der Waals surface area contributed by atoms with Crippen LogP contribution < -0.4 is 10.2 Å². The summed E-state index contributed by atoms with van der Waals surface area (Å²) in [7, 11) is 0. The predicted octanol–water partition coefficient (Wildman–Crippen LogP) is 4.01. The van der Waals surface area contributed by atoms with Crippen molar-refractivity contribution >= 4 is 28.2 Å². The number of thiazole rings is 1. The number of rotatable bonds is 4. The van der Waals surface area contributed by atoms with Crippen LogP contribution in [0.3, 0.4) is 0 Å². The summed E-state index contributed by atoms with van der Waals surface area (Å²) in [5.74, 6) is 0.423. The van der Waals surface area contributed by atoms with E-state index in [2.05, 4.69) is 15.2 Å². The van der Waals surface area contributed by atoms with Crippen LogP contribution in [0.15, 0.2) is 29.6 Å². The zero-order valence-corrected chi connectivity index (χ0v) is 14.2. The number of amides is 1. The molecule has 24 heavy (non-hydrogen) atoms. The van der Waals surface area contributed by atoms with E-state index in [-0.39, 0.29) is 23.6 Å². The molecule has 1 saturated carbocycles. The molecule has 4 nitrogen and oxygen atoms in total. The molecule has 1 saturated heterocycles. The van der Waals surface area contributed by atoms with E-state index in [9.17, 15) is 9.18 Å². The van der Waals surface area contributed by atoms with Crippen LogP contribution in [0.4, 0.5) is 15.3 Å². The number of nitrogens with zero attached hydrogens (tertiary/aromatic N) is 2. The number of nitrogens with one attached hydrogen (secondary N) is 1. The fraction of sp³-hybridized carbons (Fsp3) is 0.444. The third-order valence-electron chi connectivity index (χ3n) is 4.77. The summed E-state index contributed by atoms with van der Waals surface area (Å²) in [5.41, 5.74) is 0.905. The molecule has 1 N–H and O–H groups in total. The van der Waals surface area contributed by atoms with E-state index in [4.69, 9.17) is 0 Å². The van der Waals surface area contributed by atoms with Gasteiger partial charge in [0.15, 0.2) is 5.13 Å². The van der Waals surface area contributed by atoms with Crippen molar-refractivity contribution in [2.24, 2.45) is 5.92 Å². The maximum Gasteiger partial charge on any atom is 0.229 e. The van der Waals surface area contributed by atoms with E-state index >= 15 is 0 Å². The van der Waals surface area contributed by atoms with Crippen molar-refractivity contribution < 1.29 is 9.18 Å². The Morgan fingerprint density at radius 2 is 2.12 bits per heavy atom. The molecule has 2 heterocycles. The van der Waals surface area contributed by atoms with E-state index in [0.29, 0.717) is 5.82 Å². The molecule has 1 amide bonds. The molecule has 1 aromatic carbocycles. The first-order valence-electron chi connectivity index (χ1n) is 8.47. The second-order valence-electron chi connectivity index (χ2n) is 6.56. The standard InChI is InChI=1S/C18H20FN3OS/c19-13-6-4-5-12(9-13)14-10-15(14)17(23)20-16-11-24-18(21-16)22-7-2-1-3-8-22/h4-6,9,11,14-15H,1-3,7-8,10H2,(H,20,23)/t14-,15-/m0/s1. The normalized spacial score (nSPS) is 23.1. The van der Waals surface area contributed by atoms with Gasteiger partial charge < -0.3 is 10.2 Å². The topological polar surface area (TPSA) is 45.2 Å². The van der Waals surface area contributed by atoms with E-state index in [1.165, 1.54) is 31.4 Å². The number of carbonyl (C=O) groups excluding carboxylic acids is 1. The van der Waals surface area contributed by atoms with Gasteiger partial charge in [-0.2, -0.15) is 0 Å². The molecule has 1 aliphatic heterocycles. The first-order valence-corrected chi connectivity index (χ1v) is 9.35. The molecule has 1 aromatic heterocycles. The molecule has 2 aliphatic rings. The Kier molecular flexibility index (Phi) is 4.22. The minimum Gasteiger partial charge on any atom is -0.348 e. The number of carbonyl (C=O) groups is 1. The van der Waals surface area contributed by atoms with Crippen LogP contribution in [0.25, 0.3) is 0 Å². The number of hydrogen-bond donors (Lipinski definition) is 1. The summed E-state index contributed by atoms with van der Waals surface area (Å²) < 4.78 is 13.3. The average Bonchev–Trinajstić information content (AvgIpc) is 3.28. The lowest BCUT2D eigenvalue weighted by Gasteiger charge is -2.25. The fourth-order valence-corrected chi connectivity index (χ4v) is 4.17. The molecule has 0 unspecified atom stereocenters. The van der Waals surface area contributed by atoms with Crippen LogP contribution in [-0.2, 0) is 4.79 Å². The van der Waals surface area contributed by atoms with E-state index < -0.39 is 0 Å². The van der Waals surface area contributed by atoms with Crippen molar-refractivity contribution in [3.63, 3.8) is 0 Å². The first-order chi connectivity index (χ1) is 11.7. The van der Waals surface area contributed by atoms with Crippen molar-refractivity contribution in [1.82, 2.24) is 4.98 Å². The van der Waals surface area contributed by atoms with Gasteiger partial charge in [-0.1, -0.05) is 12.1 Å². The lowest BCUT2D eigenvalue weighted by molar-refractivity contribution is -0.117. The van der Waals surface area contributed by atoms with E-state index in [0.717, 1.165) is 30.2 Å². The highest BCUT2D eigenvalue weighted by molar-refractivity contribution is 7.14. The maximum absolute atomic E-state index is 13.3. The number of hydrogen-bond acceptors (Lipinski definition) is 4. The molecule has 0 spiro atoms. The molecule has 4 rings (SSSR count). The number of aromatic nitrogens is 1. The van der Waals surface area contributed by atoms with Crippen molar-refractivity contribution in [2.75, 3.05) is 23.3 Å². The highest BCUT2D eigenvalue weighted by Gasteiger charge is 2.44. The Labute approximate surface area is 144 Å². The SMILES string of the molecule is O=C(Nc1csc(N2CCCCC2)n1)[C@H]1C[C@H]1c1cccc(F)c1. The van der Waals surface area contributed by atoms with Crippen LogP contribution in [0, 0.1) is 11.7 Å². The van der Waals surface area contributed by atoms with Crippen LogP contribution in [0.2, 0.25) is 0 Å². The quantitative estimate of drug-likeness (QED) is 0.910. The lowest BCUT2D eigenvalue weighted by atomic mass is 10.1. The van der Waals surface area contributed by atoms with E-state index in [1.54, 1.807) is 17.4 Å². The average molecular weight is 345 g/mol. The highest BCUT2D eigenvalue weighted by atomic mass is 32.1. The van der Waals surface area contributed by atoms with Gasteiger partial charge in [-0.3, -0.25) is 4.79 Å². The molecule has 1 aliphatic carbocycles. The van der Waals surface area contributed by atoms with Crippen LogP contribution in [0.5, 0.6) is 0 Å². The molecule has 2 fully saturated rings. The van der Waals surface area contributed by atoms with Gasteiger partial charge in [0.25, 0.3) is 0 Å². The molecule has 2 aromatic rings. The number of anilines is 2. The Bertz CT molecular complexity index is 741. The predicted molar refractivity (Wildman–Crippen MR) is 94.1 cm³/mol. The molecule has 0 radical (unpaired) electrons. The van der Waals surface area contributed by atoms with Crippen LogP contribution >= 0.6 is 11.3 Å². The van der Waals surface area contributed by atoms with E-state index in [1.807, 2.05) is 11.4 Å². The molecule has 2 atom stereocenters. The minimum absolute atomic E-state index is 0.0141. The highest BCUT2D eigenvalue weighted by Crippen LogP contribution is 2.48. The van der Waals surface area contributed by atoms with Gasteiger partial charge in [0.2, 0.25) is 5.91 Å². The number of piperidine rings is 1. The Hall–Kier alpha value is -1.95. The van der Waals surface area contributed by atoms with Gasteiger partial charge >= 0.3 is 0 Å². The van der Waals surface area contributed by atoms with Gasteiger partial charge in [0, 0.05) is 24.4 Å². The largest absolute Gasteiger partial charge is 0.348 e. The summed E-state index contributed by atoms with van der Waals surface area (Å²) in [6, 6.07) is 6.54. The summed E-state index contributed by atoms with van der Waals surface area (Å²) in [5, 5.41) is 5.81. The Morgan fingerprint density at radius 1 is 1.29 bits per heavy atom. The van der Waals surface area contributed by atoms with Gasteiger partial charge in [-0.25, -0.2) is 9.37 Å². The summed E-state index contributed by atoms with van der Waals surface area (Å²) in [6.07, 6.45) is 4.48. The van der Waals surface area contributed by atoms with Gasteiger partial charge in [0.1, 0.15) is 11.6 Å². The zero-order valence-electron chi connectivity index (χ0n) is 13.4. The maximum atomic E-state index is 13.3. The van der Waals surface area contributed by atoms with Crippen molar-refractivity contribution in [2.45, 2.75) is 31.6 Å². The third-order valence-corrected chi connectivity index (χ3v) is 5.68. The summed E-state index contributed by atoms with van der Waals surface area (Å²) in [6.45, 7) is 2.09. The molecule has 6 heteroatoms. The molecule has 126 valence electrons. The Balaban J connectivity index is 1.36. The third kappa shape index (κ3) is 3.29. The fourth-order valence-electron chi connectivity index (χ4n) is 3.36. The summed E-state index contributed by atoms with van der Waals surface area (Å²) >= 11 is 1.58. The van der Waals surface area contributed by atoms with Crippen molar-refractivity contribution in [3.8, 4) is 0 Å². The smallest absolute Gasteiger partial charge is 0.229 e.